The van der Waals surface area contributed by atoms with Crippen molar-refractivity contribution < 1.29 is 38.1 Å². The Morgan fingerprint density at radius 2 is 1.14 bits per heavy atom. The largest absolute Gasteiger partial charge is 0.457 e. The van der Waals surface area contributed by atoms with Crippen LogP contribution in [0.1, 0.15) is 54.1 Å². The Kier molecular flexibility index (Phi) is 6.54. The summed E-state index contributed by atoms with van der Waals surface area (Å²) in [6, 6.07) is 2.58. The highest BCUT2D eigenvalue weighted by Gasteiger charge is 2.32. The van der Waals surface area contributed by atoms with E-state index in [1.807, 2.05) is 9.80 Å². The fourth-order valence-electron chi connectivity index (χ4n) is 5.35. The van der Waals surface area contributed by atoms with Crippen molar-refractivity contribution in [2.24, 2.45) is 0 Å². The zero-order chi connectivity index (χ0) is 25.7. The average molecular weight is 503 g/mol. The Bertz CT molecular complexity index is 1150. The quantitative estimate of drug-likeness (QED) is 0.579. The summed E-state index contributed by atoms with van der Waals surface area (Å²) in [6.07, 6.45) is -1.32. The third kappa shape index (κ3) is 4.28. The van der Waals surface area contributed by atoms with Crippen LogP contribution >= 0.6 is 0 Å². The van der Waals surface area contributed by atoms with Crippen LogP contribution in [0.15, 0.2) is 12.1 Å². The second-order valence-electron chi connectivity index (χ2n) is 9.59. The van der Waals surface area contributed by atoms with E-state index in [1.54, 1.807) is 13.8 Å². The van der Waals surface area contributed by atoms with Crippen LogP contribution in [0.3, 0.4) is 0 Å². The molecule has 5 rings (SSSR count). The number of hydrogen-bond acceptors (Lipinski definition) is 8. The van der Waals surface area contributed by atoms with Crippen molar-refractivity contribution in [2.45, 2.75) is 52.4 Å². The lowest BCUT2D eigenvalue weighted by Gasteiger charge is -2.39. The molecular weight excluding hydrogens is 474 g/mol. The number of piperazine rings is 1. The average Bonchev–Trinajstić information content (AvgIpc) is 3.44. The molecule has 0 aromatic heterocycles. The predicted molar refractivity (Wildman–Crippen MR) is 123 cm³/mol. The molecule has 2 N–H and O–H groups in total. The van der Waals surface area contributed by atoms with Gasteiger partial charge in [-0.25, -0.2) is 18.4 Å². The number of carbonyl (C=O) groups excluding carboxylic acids is 2. The van der Waals surface area contributed by atoms with Crippen molar-refractivity contribution >= 4 is 11.9 Å². The second kappa shape index (κ2) is 9.51. The third-order valence-corrected chi connectivity index (χ3v) is 7.65. The molecule has 2 atom stereocenters. The molecule has 0 aliphatic carbocycles. The van der Waals surface area contributed by atoms with Gasteiger partial charge < -0.3 is 19.7 Å². The number of hydrogen-bond donors (Lipinski definition) is 2. The summed E-state index contributed by atoms with van der Waals surface area (Å²) < 4.78 is 38.8. The lowest BCUT2D eigenvalue weighted by Crippen LogP contribution is -2.54. The van der Waals surface area contributed by atoms with Crippen molar-refractivity contribution in [3.8, 4) is 0 Å². The van der Waals surface area contributed by atoms with E-state index in [0.29, 0.717) is 48.4 Å². The van der Waals surface area contributed by atoms with Crippen molar-refractivity contribution in [3.63, 3.8) is 0 Å². The van der Waals surface area contributed by atoms with Crippen molar-refractivity contribution in [3.05, 3.63) is 68.3 Å². The summed E-state index contributed by atoms with van der Waals surface area (Å²) in [5, 5.41) is 21.6. The van der Waals surface area contributed by atoms with Crippen molar-refractivity contribution in [1.29, 1.82) is 0 Å². The standard InChI is InChI=1S/C26H28F2N2O6/c1-13-15(7-19(27)23-17(13)11-35-25(23)33)9-21(31)29-3-5-30(6-4-29)22(32)10-16-8-20(28)24-18(14(16)2)12-36-26(24)34/h7-8,21-22,31-32H,3-6,9-12H2,1-2H3. The van der Waals surface area contributed by atoms with E-state index in [4.69, 9.17) is 9.47 Å². The molecule has 192 valence electrons. The highest BCUT2D eigenvalue weighted by Crippen LogP contribution is 2.31. The molecule has 3 aliphatic rings. The molecule has 2 unspecified atom stereocenters. The summed E-state index contributed by atoms with van der Waals surface area (Å²) in [6.45, 7) is 5.57. The maximum Gasteiger partial charge on any atom is 0.341 e. The van der Waals surface area contributed by atoms with Gasteiger partial charge in [-0.05, 0) is 48.2 Å². The lowest BCUT2D eigenvalue weighted by atomic mass is 9.95. The summed E-state index contributed by atoms with van der Waals surface area (Å²) in [4.78, 5) is 27.2. The van der Waals surface area contributed by atoms with Crippen LogP contribution in [-0.2, 0) is 35.5 Å². The Labute approximate surface area is 207 Å². The summed E-state index contributed by atoms with van der Waals surface area (Å²) in [5.41, 5.74) is 3.75. The van der Waals surface area contributed by atoms with Gasteiger partial charge in [0, 0.05) is 50.1 Å². The van der Waals surface area contributed by atoms with E-state index < -0.39 is 36.0 Å². The highest BCUT2D eigenvalue weighted by atomic mass is 19.1. The molecule has 1 fully saturated rings. The van der Waals surface area contributed by atoms with Gasteiger partial charge in [0.05, 0.1) is 0 Å². The van der Waals surface area contributed by atoms with Crippen LogP contribution < -0.4 is 0 Å². The first-order chi connectivity index (χ1) is 17.2. The number of esters is 2. The van der Waals surface area contributed by atoms with Gasteiger partial charge in [-0.2, -0.15) is 0 Å². The number of cyclic esters (lactones) is 2. The lowest BCUT2D eigenvalue weighted by molar-refractivity contribution is -0.0682. The Morgan fingerprint density at radius 1 is 0.778 bits per heavy atom. The van der Waals surface area contributed by atoms with Crippen LogP contribution in [-0.4, -0.2) is 70.6 Å². The zero-order valence-corrected chi connectivity index (χ0v) is 20.1. The minimum atomic E-state index is -0.857. The van der Waals surface area contributed by atoms with E-state index in [-0.39, 0.29) is 37.2 Å². The van der Waals surface area contributed by atoms with E-state index in [0.717, 1.165) is 11.1 Å². The Balaban J connectivity index is 1.20. The number of aliphatic hydroxyl groups is 2. The van der Waals surface area contributed by atoms with Gasteiger partial charge >= 0.3 is 11.9 Å². The van der Waals surface area contributed by atoms with Gasteiger partial charge in [0.2, 0.25) is 0 Å². The van der Waals surface area contributed by atoms with Crippen LogP contribution in [0.2, 0.25) is 0 Å². The highest BCUT2D eigenvalue weighted by molar-refractivity contribution is 5.94. The zero-order valence-electron chi connectivity index (χ0n) is 20.1. The predicted octanol–water partition coefficient (Wildman–Crippen LogP) is 1.96. The molecule has 36 heavy (non-hydrogen) atoms. The van der Waals surface area contributed by atoms with Crippen LogP contribution in [0.4, 0.5) is 8.78 Å². The molecule has 0 saturated carbocycles. The number of nitrogens with zero attached hydrogens (tertiary/aromatic N) is 2. The molecular formula is C26H28F2N2O6. The summed E-state index contributed by atoms with van der Waals surface area (Å²) in [7, 11) is 0. The van der Waals surface area contributed by atoms with Gasteiger partial charge in [-0.1, -0.05) is 0 Å². The molecule has 1 saturated heterocycles. The number of rotatable bonds is 6. The normalized spacial score (nSPS) is 19.6. The van der Waals surface area contributed by atoms with Gasteiger partial charge in [0.15, 0.2) is 0 Å². The van der Waals surface area contributed by atoms with E-state index in [2.05, 4.69) is 0 Å². The third-order valence-electron chi connectivity index (χ3n) is 7.65. The maximum atomic E-state index is 14.5. The first-order valence-electron chi connectivity index (χ1n) is 12.0. The Hall–Kier alpha value is -2.92. The van der Waals surface area contributed by atoms with Crippen molar-refractivity contribution in [1.82, 2.24) is 9.80 Å². The first kappa shape index (κ1) is 24.8. The molecule has 2 aromatic carbocycles. The smallest absolute Gasteiger partial charge is 0.341 e. The molecule has 0 radical (unpaired) electrons. The molecule has 3 aliphatic heterocycles. The first-order valence-corrected chi connectivity index (χ1v) is 12.0. The monoisotopic (exact) mass is 502 g/mol. The molecule has 3 heterocycles. The van der Waals surface area contributed by atoms with E-state index >= 15 is 0 Å². The number of carbonyl (C=O) groups is 2. The molecule has 0 amide bonds. The fourth-order valence-corrected chi connectivity index (χ4v) is 5.35. The second-order valence-corrected chi connectivity index (χ2v) is 9.59. The minimum absolute atomic E-state index is 0.0223. The molecule has 8 nitrogen and oxygen atoms in total. The SMILES string of the molecule is Cc1c(CC(O)N2CCN(C(O)Cc3cc(F)c4c(c3C)COC4=O)CC2)cc(F)c2c1COC2=O. The number of fused-ring (bicyclic) bond motifs is 2. The van der Waals surface area contributed by atoms with Gasteiger partial charge in [0.1, 0.15) is 48.4 Å². The van der Waals surface area contributed by atoms with Crippen molar-refractivity contribution in [2.75, 3.05) is 26.2 Å². The van der Waals surface area contributed by atoms with Gasteiger partial charge in [0.25, 0.3) is 0 Å². The molecule has 10 heteroatoms. The maximum absolute atomic E-state index is 14.5. The molecule has 2 aromatic rings. The topological polar surface area (TPSA) is 99.5 Å². The van der Waals surface area contributed by atoms with E-state index in [9.17, 15) is 28.6 Å². The minimum Gasteiger partial charge on any atom is -0.457 e. The Morgan fingerprint density at radius 3 is 1.50 bits per heavy atom. The summed E-state index contributed by atoms with van der Waals surface area (Å²) >= 11 is 0. The van der Waals surface area contributed by atoms with Crippen LogP contribution in [0.25, 0.3) is 0 Å². The number of halogens is 2. The number of benzene rings is 2. The van der Waals surface area contributed by atoms with Gasteiger partial charge in [-0.15, -0.1) is 0 Å². The number of ether oxygens (including phenoxy) is 2. The van der Waals surface area contributed by atoms with Crippen LogP contribution in [0, 0.1) is 25.5 Å². The summed E-state index contributed by atoms with van der Waals surface area (Å²) in [5.74, 6) is -2.59. The number of aliphatic hydroxyl groups excluding tert-OH is 2. The van der Waals surface area contributed by atoms with Gasteiger partial charge in [-0.3, -0.25) is 9.80 Å². The molecule has 0 spiro atoms. The van der Waals surface area contributed by atoms with Crippen LogP contribution in [0.5, 0.6) is 0 Å². The van der Waals surface area contributed by atoms with E-state index in [1.165, 1.54) is 12.1 Å². The molecule has 0 bridgehead atoms. The fraction of sp³-hybridized carbons (Fsp3) is 0.462.